The number of aldehydes is 1. The molecule has 6 nitrogen and oxygen atoms in total. The number of carboxylic acid groups (broad SMARTS) is 1. The number of nitrogens with zero attached hydrogens (tertiary/aromatic N) is 2. The third kappa shape index (κ3) is 18.2. The van der Waals surface area contributed by atoms with Crippen LogP contribution in [0, 0.1) is 233 Å². The molecule has 0 saturated heterocycles. The van der Waals surface area contributed by atoms with E-state index in [1.807, 2.05) is 60.7 Å². The number of carboxylic acids is 1. The Morgan fingerprint density at radius 3 is 1.56 bits per heavy atom. The monoisotopic (exact) mass is 779 g/mol. The van der Waals surface area contributed by atoms with Crippen molar-refractivity contribution in [1.29, 1.82) is 0 Å². The molecule has 0 aliphatic rings. The van der Waals surface area contributed by atoms with Crippen molar-refractivity contribution in [2.24, 2.45) is 0 Å². The Kier molecular flexibility index (Phi) is 41.1. The van der Waals surface area contributed by atoms with Gasteiger partial charge in [-0.3, -0.25) is 4.79 Å². The second-order valence-corrected chi connectivity index (χ2v) is 6.94. The van der Waals surface area contributed by atoms with Gasteiger partial charge in [-0.25, -0.2) is 4.85 Å². The van der Waals surface area contributed by atoms with Crippen LogP contribution in [0.5, 0.6) is 0 Å². The molecule has 4 rings (SSSR count). The molecule has 13 heteroatoms. The van der Waals surface area contributed by atoms with Crippen molar-refractivity contribution >= 4 is 35.4 Å². The van der Waals surface area contributed by atoms with Gasteiger partial charge < -0.3 is 19.2 Å². The van der Waals surface area contributed by atoms with E-state index in [0.717, 1.165) is 28.9 Å². The fourth-order valence-corrected chi connectivity index (χ4v) is 3.24. The average molecular weight is 779 g/mol. The van der Waals surface area contributed by atoms with E-state index in [4.69, 9.17) is 20.9 Å². The molecule has 4 aromatic rings. The Bertz CT molecular complexity index is 1290. The summed E-state index contributed by atoms with van der Waals surface area (Å²) in [6.45, 7) is 8.39. The van der Waals surface area contributed by atoms with Crippen molar-refractivity contribution in [2.75, 3.05) is 4.90 Å². The Labute approximate surface area is 445 Å². The molecule has 0 aliphatic heterocycles. The van der Waals surface area contributed by atoms with Crippen LogP contribution in [0.25, 0.3) is 22.2 Å². The van der Waals surface area contributed by atoms with E-state index in [1.54, 1.807) is 12.1 Å². The number of hydrogen-bond donors (Lipinski definition) is 1. The molecule has 3 aromatic carbocycles. The van der Waals surface area contributed by atoms with Gasteiger partial charge in [0.15, 0.2) is 0 Å². The normalized spacial score (nSPS) is 8.63. The van der Waals surface area contributed by atoms with E-state index in [1.165, 1.54) is 13.0 Å². The molecule has 0 atom stereocenters. The quantitative estimate of drug-likeness (QED) is 0.130. The molecule has 1 N–H and O–H groups in total. The number of rotatable bonds is 6. The largest absolute Gasteiger partial charge is 0.486 e. The first-order valence-electron chi connectivity index (χ1n) is 10.4. The summed E-state index contributed by atoms with van der Waals surface area (Å²) in [6.07, 6.45) is 1.97. The van der Waals surface area contributed by atoms with Gasteiger partial charge in [0.05, 0.1) is 6.57 Å². The van der Waals surface area contributed by atoms with Crippen LogP contribution in [-0.4, -0.2) is 17.4 Å². The molecule has 0 amide bonds. The predicted molar refractivity (Wildman–Crippen MR) is 133 cm³/mol. The Morgan fingerprint density at radius 1 is 0.756 bits per heavy atom. The smallest absolute Gasteiger partial charge is 0.333 e. The first-order chi connectivity index (χ1) is 16.6. The van der Waals surface area contributed by atoms with Crippen LogP contribution in [0.4, 0.5) is 17.1 Å². The minimum absolute atomic E-state index is 0. The van der Waals surface area contributed by atoms with Gasteiger partial charge in [0, 0.05) is 282 Å². The van der Waals surface area contributed by atoms with Gasteiger partial charge in [-0.2, -0.15) is 0 Å². The van der Waals surface area contributed by atoms with Gasteiger partial charge >= 0.3 is 5.97 Å². The molecule has 0 spiro atoms. The van der Waals surface area contributed by atoms with Crippen LogP contribution in [0.3, 0.4) is 0 Å². The maximum absolute atomic E-state index is 11.0. The molecule has 41 heavy (non-hydrogen) atoms. The first kappa shape index (κ1) is 54.2. The molecule has 0 unspecified atom stereocenters. The second kappa shape index (κ2) is 31.1. The van der Waals surface area contributed by atoms with Crippen molar-refractivity contribution in [3.8, 4) is 11.3 Å². The van der Waals surface area contributed by atoms with Gasteiger partial charge in [-0.1, -0.05) is 36.4 Å². The molecule has 1 heterocycles. The summed E-state index contributed by atoms with van der Waals surface area (Å²) in [7, 11) is 0. The Morgan fingerprint density at radius 2 is 1.17 bits per heavy atom. The van der Waals surface area contributed by atoms with Crippen molar-refractivity contribution in [1.82, 2.24) is 0 Å². The third-order valence-corrected chi connectivity index (χ3v) is 4.68. The van der Waals surface area contributed by atoms with E-state index in [-0.39, 0.29) is 259 Å². The Balaban J connectivity index is -0.000000414. The summed E-state index contributed by atoms with van der Waals surface area (Å²) in [5.74, 6) is -0.361. The molecular formula is C28H22Ar6N2O4Y. The number of carbonyl (C=O) groups excluding carboxylic acids is 1. The van der Waals surface area contributed by atoms with Gasteiger partial charge in [-0.15, -0.1) is 0 Å². The maximum atomic E-state index is 11.0. The molecule has 1 radical (unpaired) electrons. The standard InChI is InChI=1S/C26H18N2O3.C2H4O.6Ar.Y/c1-27-24(26(29)30)18-23-16-17-25(31-23)19-12-14-22(15-13-19)28(20-8-4-2-5-9-20)21-10-6-3-7-11-21;1-2-3;;;;;;;/h2-18H,(H,29,30);2H,1H3;;;;;;;/b24-18-;;;;;;;;. The number of hydrogen-bond acceptors (Lipinski definition) is 4. The summed E-state index contributed by atoms with van der Waals surface area (Å²) in [5.41, 5.74) is 3.55. The summed E-state index contributed by atoms with van der Waals surface area (Å²) < 4.78 is 5.73. The third-order valence-electron chi connectivity index (χ3n) is 4.68. The molecule has 0 aliphatic carbocycles. The number of furan rings is 1. The van der Waals surface area contributed by atoms with Gasteiger partial charge in [-0.05, 0) is 73.7 Å². The average Bonchev–Trinajstić information content (AvgIpc) is 3.33. The van der Waals surface area contributed by atoms with Crippen LogP contribution in [-0.2, 0) is 42.3 Å². The van der Waals surface area contributed by atoms with Crippen LogP contribution in [0.15, 0.2) is 107 Å². The number of carbonyl (C=O) groups is 2. The van der Waals surface area contributed by atoms with Crippen molar-refractivity contribution in [3.05, 3.63) is 120 Å². The number of anilines is 3. The molecule has 219 valence electrons. The number of benzene rings is 3. The van der Waals surface area contributed by atoms with E-state index >= 15 is 0 Å². The second-order valence-electron chi connectivity index (χ2n) is 6.94. The van der Waals surface area contributed by atoms with Crippen LogP contribution >= 0.6 is 0 Å². The zero-order valence-electron chi connectivity index (χ0n) is 21.2. The predicted octanol–water partition coefficient (Wildman–Crippen LogP) is 6.96. The summed E-state index contributed by atoms with van der Waals surface area (Å²) >= 11 is 0. The van der Waals surface area contributed by atoms with Gasteiger partial charge in [0.25, 0.3) is 5.70 Å². The van der Waals surface area contributed by atoms with Gasteiger partial charge in [0.2, 0.25) is 0 Å². The maximum Gasteiger partial charge on any atom is 0.333 e. The zero-order chi connectivity index (χ0) is 24.3. The van der Waals surface area contributed by atoms with Crippen molar-refractivity contribution < 1.29 is 278 Å². The number of aliphatic carboxylic acids is 1. The fraction of sp³-hybridized carbons (Fsp3) is 0.0357. The minimum Gasteiger partial charge on any atom is -0.486 e. The fourth-order valence-electron chi connectivity index (χ4n) is 3.24. The summed E-state index contributed by atoms with van der Waals surface area (Å²) in [5, 5.41) is 9.00. The zero-order valence-corrected chi connectivity index (χ0v) is 28.2. The molecule has 0 fully saturated rings. The van der Waals surface area contributed by atoms with E-state index in [2.05, 4.69) is 34.0 Å². The van der Waals surface area contributed by atoms with Crippen LogP contribution < -0.4 is 4.90 Å². The Hall–Kier alpha value is 3.77. The van der Waals surface area contributed by atoms with Crippen molar-refractivity contribution in [2.45, 2.75) is 6.92 Å². The van der Waals surface area contributed by atoms with E-state index < -0.39 is 11.7 Å². The van der Waals surface area contributed by atoms with E-state index in [0.29, 0.717) is 11.5 Å². The molecular weight excluding hydrogens is 757 g/mol. The SMILES string of the molecule is CC=O.[Ar].[Ar].[Ar].[Ar].[Ar].[Ar].[C-]#[N+]/C(=C\c1ccc(-c2ccc(N(c3ccccc3)c3ccccc3)cc2)o1)C(=O)O.[Y]. The molecule has 0 bridgehead atoms. The van der Waals surface area contributed by atoms with E-state index in [9.17, 15) is 4.79 Å². The summed E-state index contributed by atoms with van der Waals surface area (Å²) in [4.78, 5) is 25.0. The minimum atomic E-state index is -1.28. The van der Waals surface area contributed by atoms with Crippen LogP contribution in [0.1, 0.15) is 12.7 Å². The number of para-hydroxylation sites is 2. The van der Waals surface area contributed by atoms with Crippen LogP contribution in [0.2, 0.25) is 0 Å². The summed E-state index contributed by atoms with van der Waals surface area (Å²) in [6, 6.07) is 31.6. The molecule has 0 saturated carbocycles. The molecule has 1 aromatic heterocycles. The van der Waals surface area contributed by atoms with Gasteiger partial charge in [0.1, 0.15) is 17.8 Å². The first-order valence-corrected chi connectivity index (χ1v) is 10.4. The topological polar surface area (TPSA) is 75.1 Å². The van der Waals surface area contributed by atoms with Crippen molar-refractivity contribution in [3.63, 3.8) is 0 Å².